The zero-order valence-electron chi connectivity index (χ0n) is 12.3. The van der Waals surface area contributed by atoms with Crippen LogP contribution in [-0.4, -0.2) is 24.2 Å². The van der Waals surface area contributed by atoms with Crippen LogP contribution in [0.25, 0.3) is 0 Å². The highest BCUT2D eigenvalue weighted by Gasteiger charge is 2.18. The van der Waals surface area contributed by atoms with Gasteiger partial charge in [-0.2, -0.15) is 0 Å². The molecule has 2 aromatic rings. The van der Waals surface area contributed by atoms with Gasteiger partial charge in [0.15, 0.2) is 0 Å². The van der Waals surface area contributed by atoms with E-state index >= 15 is 0 Å². The van der Waals surface area contributed by atoms with Crippen LogP contribution < -0.4 is 15.4 Å². The number of nitrogens with zero attached hydrogens (tertiary/aromatic N) is 2. The maximum atomic E-state index is 5.96. The number of nitrogens with two attached hydrogens (primary N) is 1. The summed E-state index contributed by atoms with van der Waals surface area (Å²) in [5, 5.41) is 0. The summed E-state index contributed by atoms with van der Waals surface area (Å²) in [5.74, 6) is 2.00. The van der Waals surface area contributed by atoms with E-state index in [1.165, 1.54) is 11.1 Å². The first-order chi connectivity index (χ1) is 10.2. The van der Waals surface area contributed by atoms with Crippen LogP contribution in [0.5, 0.6) is 5.75 Å². The molecule has 1 aliphatic heterocycles. The topological polar surface area (TPSA) is 51.4 Å². The van der Waals surface area contributed by atoms with Crippen molar-refractivity contribution in [2.75, 3.05) is 18.1 Å². The third-order valence-electron chi connectivity index (χ3n) is 3.66. The molecule has 4 heteroatoms. The molecule has 0 fully saturated rings. The summed E-state index contributed by atoms with van der Waals surface area (Å²) in [6, 6.07) is 12.4. The maximum Gasteiger partial charge on any atom is 0.132 e. The van der Waals surface area contributed by atoms with E-state index in [1.54, 1.807) is 0 Å². The van der Waals surface area contributed by atoms with Crippen LogP contribution in [-0.2, 0) is 13.0 Å². The Bertz CT molecular complexity index is 612. The van der Waals surface area contributed by atoms with E-state index in [0.29, 0.717) is 6.61 Å². The Hall–Kier alpha value is -2.07. The average molecular weight is 283 g/mol. The van der Waals surface area contributed by atoms with Gasteiger partial charge in [-0.25, -0.2) is 4.98 Å². The van der Waals surface area contributed by atoms with E-state index in [-0.39, 0.29) is 6.04 Å². The van der Waals surface area contributed by atoms with E-state index < -0.39 is 0 Å². The van der Waals surface area contributed by atoms with Crippen molar-refractivity contribution in [1.29, 1.82) is 0 Å². The minimum absolute atomic E-state index is 0.128. The number of anilines is 1. The fourth-order valence-corrected chi connectivity index (χ4v) is 2.73. The van der Waals surface area contributed by atoms with Crippen LogP contribution >= 0.6 is 0 Å². The number of rotatable bonds is 3. The predicted molar refractivity (Wildman–Crippen MR) is 84.6 cm³/mol. The molecular formula is C17H21N3O. The molecular weight excluding hydrogens is 262 g/mol. The lowest BCUT2D eigenvalue weighted by Gasteiger charge is -2.24. The maximum absolute atomic E-state index is 5.96. The summed E-state index contributed by atoms with van der Waals surface area (Å²) in [6.45, 7) is 4.35. The number of ether oxygens (including phenoxy) is 1. The van der Waals surface area contributed by atoms with Crippen molar-refractivity contribution in [3.8, 4) is 5.75 Å². The van der Waals surface area contributed by atoms with Gasteiger partial charge >= 0.3 is 0 Å². The monoisotopic (exact) mass is 283 g/mol. The molecule has 1 aromatic carbocycles. The Balaban J connectivity index is 1.91. The van der Waals surface area contributed by atoms with Gasteiger partial charge in [-0.1, -0.05) is 24.3 Å². The van der Waals surface area contributed by atoms with Gasteiger partial charge in [0.25, 0.3) is 0 Å². The summed E-state index contributed by atoms with van der Waals surface area (Å²) < 4.78 is 5.83. The standard InChI is InChI=1S/C17H21N3O/c1-13(18)11-14-6-4-8-19-17(14)20-9-10-21-16-7-3-2-5-15(16)12-20/h2-8,13H,9-12,18H2,1H3. The summed E-state index contributed by atoms with van der Waals surface area (Å²) in [6.07, 6.45) is 2.68. The molecule has 1 aliphatic rings. The minimum atomic E-state index is 0.128. The van der Waals surface area contributed by atoms with Gasteiger partial charge < -0.3 is 15.4 Å². The summed E-state index contributed by atoms with van der Waals surface area (Å²) >= 11 is 0. The molecule has 110 valence electrons. The second-order valence-electron chi connectivity index (χ2n) is 5.55. The molecule has 1 aromatic heterocycles. The molecule has 0 aliphatic carbocycles. The number of hydrogen-bond acceptors (Lipinski definition) is 4. The van der Waals surface area contributed by atoms with Gasteiger partial charge in [0.05, 0.1) is 6.54 Å². The molecule has 1 atom stereocenters. The molecule has 4 nitrogen and oxygen atoms in total. The van der Waals surface area contributed by atoms with Crippen LogP contribution in [0.1, 0.15) is 18.1 Å². The van der Waals surface area contributed by atoms with Crippen molar-refractivity contribution in [3.63, 3.8) is 0 Å². The third kappa shape index (κ3) is 3.16. The van der Waals surface area contributed by atoms with Crippen molar-refractivity contribution in [2.45, 2.75) is 25.9 Å². The number of aromatic nitrogens is 1. The molecule has 0 saturated carbocycles. The SMILES string of the molecule is CC(N)Cc1cccnc1N1CCOc2ccccc2C1. The molecule has 2 heterocycles. The first-order valence-corrected chi connectivity index (χ1v) is 7.39. The van der Waals surface area contributed by atoms with E-state index in [0.717, 1.165) is 31.1 Å². The van der Waals surface area contributed by atoms with Crippen molar-refractivity contribution in [2.24, 2.45) is 5.73 Å². The highest BCUT2D eigenvalue weighted by Crippen LogP contribution is 2.27. The number of para-hydroxylation sites is 1. The largest absolute Gasteiger partial charge is 0.491 e. The third-order valence-corrected chi connectivity index (χ3v) is 3.66. The zero-order chi connectivity index (χ0) is 14.7. The van der Waals surface area contributed by atoms with E-state index in [1.807, 2.05) is 37.4 Å². The van der Waals surface area contributed by atoms with Gasteiger partial charge in [0.1, 0.15) is 18.2 Å². The van der Waals surface area contributed by atoms with Gasteiger partial charge in [-0.3, -0.25) is 0 Å². The Labute approximate surface area is 125 Å². The molecule has 1 unspecified atom stereocenters. The van der Waals surface area contributed by atoms with Crippen LogP contribution in [0.2, 0.25) is 0 Å². The molecule has 0 bridgehead atoms. The summed E-state index contributed by atoms with van der Waals surface area (Å²) in [5.41, 5.74) is 8.36. The Morgan fingerprint density at radius 1 is 1.29 bits per heavy atom. The predicted octanol–water partition coefficient (Wildman–Crippen LogP) is 2.37. The molecule has 21 heavy (non-hydrogen) atoms. The van der Waals surface area contributed by atoms with Crippen molar-refractivity contribution < 1.29 is 4.74 Å². The first-order valence-electron chi connectivity index (χ1n) is 7.39. The molecule has 2 N–H and O–H groups in total. The first kappa shape index (κ1) is 13.9. The van der Waals surface area contributed by atoms with Crippen molar-refractivity contribution >= 4 is 5.82 Å². The number of fused-ring (bicyclic) bond motifs is 1. The van der Waals surface area contributed by atoms with E-state index in [9.17, 15) is 0 Å². The number of hydrogen-bond donors (Lipinski definition) is 1. The lowest BCUT2D eigenvalue weighted by atomic mass is 10.1. The van der Waals surface area contributed by atoms with Crippen LogP contribution in [0.3, 0.4) is 0 Å². The fraction of sp³-hybridized carbons (Fsp3) is 0.353. The molecule has 0 spiro atoms. The van der Waals surface area contributed by atoms with Crippen LogP contribution in [0.15, 0.2) is 42.6 Å². The van der Waals surface area contributed by atoms with Crippen molar-refractivity contribution in [1.82, 2.24) is 4.98 Å². The summed E-state index contributed by atoms with van der Waals surface area (Å²) in [4.78, 5) is 6.87. The van der Waals surface area contributed by atoms with Gasteiger partial charge in [-0.15, -0.1) is 0 Å². The lowest BCUT2D eigenvalue weighted by molar-refractivity contribution is 0.331. The normalized spacial score (nSPS) is 15.8. The Morgan fingerprint density at radius 2 is 2.14 bits per heavy atom. The number of pyridine rings is 1. The lowest BCUT2D eigenvalue weighted by Crippen LogP contribution is -2.28. The molecule has 0 amide bonds. The van der Waals surface area contributed by atoms with Gasteiger partial charge in [0, 0.05) is 24.3 Å². The highest BCUT2D eigenvalue weighted by molar-refractivity contribution is 5.49. The second kappa shape index (κ2) is 6.14. The molecule has 3 rings (SSSR count). The van der Waals surface area contributed by atoms with E-state index in [2.05, 4.69) is 22.0 Å². The molecule has 0 saturated heterocycles. The Morgan fingerprint density at radius 3 is 3.00 bits per heavy atom. The fourth-order valence-electron chi connectivity index (χ4n) is 2.73. The highest BCUT2D eigenvalue weighted by atomic mass is 16.5. The summed E-state index contributed by atoms with van der Waals surface area (Å²) in [7, 11) is 0. The van der Waals surface area contributed by atoms with E-state index in [4.69, 9.17) is 10.5 Å². The molecule has 0 radical (unpaired) electrons. The second-order valence-corrected chi connectivity index (χ2v) is 5.55. The zero-order valence-corrected chi connectivity index (χ0v) is 12.3. The van der Waals surface area contributed by atoms with Crippen molar-refractivity contribution in [3.05, 3.63) is 53.7 Å². The van der Waals surface area contributed by atoms with Gasteiger partial charge in [0.2, 0.25) is 0 Å². The minimum Gasteiger partial charge on any atom is -0.491 e. The quantitative estimate of drug-likeness (QED) is 0.939. The Kier molecular flexibility index (Phi) is 4.06. The van der Waals surface area contributed by atoms with Crippen LogP contribution in [0, 0.1) is 0 Å². The number of benzene rings is 1. The smallest absolute Gasteiger partial charge is 0.132 e. The van der Waals surface area contributed by atoms with Gasteiger partial charge in [-0.05, 0) is 31.0 Å². The average Bonchev–Trinajstić information content (AvgIpc) is 2.69. The van der Waals surface area contributed by atoms with Crippen LogP contribution in [0.4, 0.5) is 5.82 Å².